The van der Waals surface area contributed by atoms with Gasteiger partial charge in [0.2, 0.25) is 0 Å². The number of fused-ring (bicyclic) bond motifs is 1. The number of imidazole rings is 1. The monoisotopic (exact) mass is 428 g/mol. The van der Waals surface area contributed by atoms with Crippen molar-refractivity contribution in [3.8, 4) is 0 Å². The normalized spacial score (nSPS) is 14.2. The summed E-state index contributed by atoms with van der Waals surface area (Å²) >= 11 is 1.88. The largest absolute Gasteiger partial charge is 0.490 e. The van der Waals surface area contributed by atoms with Crippen LogP contribution < -0.4 is 0 Å². The first-order valence-electron chi connectivity index (χ1n) is 8.66. The Balaban J connectivity index is 0.000000298. The standard InChI is InChI=1S/C15H18N6S.C2HF3O2/c1-12-2-3-14(22-12)8-19-4-5-21-13(6-17-15(21)9-19)7-20-11-16-10-18-20;3-2(4,5)1(6)7/h2-3,6,10-11H,4-5,7-9H2,1H3;(H,6,7). The second-order valence-electron chi connectivity index (χ2n) is 6.44. The summed E-state index contributed by atoms with van der Waals surface area (Å²) in [6.45, 7) is 6.87. The van der Waals surface area contributed by atoms with Crippen LogP contribution in [0.1, 0.15) is 21.3 Å². The first kappa shape index (κ1) is 21.0. The average Bonchev–Trinajstić information content (AvgIpc) is 3.38. The summed E-state index contributed by atoms with van der Waals surface area (Å²) in [6.07, 6.45) is 0.197. The number of thiophene rings is 1. The molecule has 0 atom stereocenters. The lowest BCUT2D eigenvalue weighted by Crippen LogP contribution is -2.34. The highest BCUT2D eigenvalue weighted by Crippen LogP contribution is 2.21. The van der Waals surface area contributed by atoms with Crippen molar-refractivity contribution in [3.05, 3.63) is 52.3 Å². The number of hydrogen-bond acceptors (Lipinski definition) is 6. The van der Waals surface area contributed by atoms with Gasteiger partial charge in [-0.15, -0.1) is 11.3 Å². The van der Waals surface area contributed by atoms with Crippen molar-refractivity contribution >= 4 is 17.3 Å². The van der Waals surface area contributed by atoms with Gasteiger partial charge in [0, 0.05) is 29.4 Å². The molecule has 8 nitrogen and oxygen atoms in total. The second-order valence-corrected chi connectivity index (χ2v) is 7.81. The lowest BCUT2D eigenvalue weighted by Gasteiger charge is -2.28. The average molecular weight is 428 g/mol. The van der Waals surface area contributed by atoms with Gasteiger partial charge < -0.3 is 9.67 Å². The van der Waals surface area contributed by atoms with Crippen molar-refractivity contribution in [2.24, 2.45) is 0 Å². The van der Waals surface area contributed by atoms with Gasteiger partial charge in [0.1, 0.15) is 18.5 Å². The molecule has 0 bridgehead atoms. The molecule has 0 unspecified atom stereocenters. The maximum atomic E-state index is 10.6. The highest BCUT2D eigenvalue weighted by Gasteiger charge is 2.38. The van der Waals surface area contributed by atoms with E-state index >= 15 is 0 Å². The van der Waals surface area contributed by atoms with Crippen LogP contribution in [0.5, 0.6) is 0 Å². The fourth-order valence-corrected chi connectivity index (χ4v) is 3.84. The molecule has 0 aromatic carbocycles. The molecule has 4 rings (SSSR count). The van der Waals surface area contributed by atoms with E-state index in [1.807, 2.05) is 22.2 Å². The lowest BCUT2D eigenvalue weighted by atomic mass is 10.3. The van der Waals surface area contributed by atoms with Crippen molar-refractivity contribution in [1.29, 1.82) is 0 Å². The number of carbonyl (C=O) groups is 1. The molecule has 0 aliphatic carbocycles. The van der Waals surface area contributed by atoms with E-state index in [-0.39, 0.29) is 0 Å². The first-order valence-corrected chi connectivity index (χ1v) is 9.47. The molecule has 4 heterocycles. The molecule has 29 heavy (non-hydrogen) atoms. The van der Waals surface area contributed by atoms with E-state index in [1.54, 1.807) is 12.7 Å². The summed E-state index contributed by atoms with van der Waals surface area (Å²) in [6, 6.07) is 4.43. The quantitative estimate of drug-likeness (QED) is 0.687. The van der Waals surface area contributed by atoms with Crippen molar-refractivity contribution in [3.63, 3.8) is 0 Å². The molecular weight excluding hydrogens is 409 g/mol. The lowest BCUT2D eigenvalue weighted by molar-refractivity contribution is -0.192. The van der Waals surface area contributed by atoms with Gasteiger partial charge in [-0.3, -0.25) is 4.90 Å². The van der Waals surface area contributed by atoms with Crippen LogP contribution in [0.25, 0.3) is 0 Å². The summed E-state index contributed by atoms with van der Waals surface area (Å²) in [7, 11) is 0. The molecule has 12 heteroatoms. The summed E-state index contributed by atoms with van der Waals surface area (Å²) in [5.74, 6) is -1.61. The fourth-order valence-electron chi connectivity index (χ4n) is 2.91. The van der Waals surface area contributed by atoms with Crippen molar-refractivity contribution in [1.82, 2.24) is 29.2 Å². The molecular formula is C17H19F3N6O2S. The van der Waals surface area contributed by atoms with Gasteiger partial charge >= 0.3 is 12.1 Å². The highest BCUT2D eigenvalue weighted by molar-refractivity contribution is 7.11. The van der Waals surface area contributed by atoms with Crippen LogP contribution >= 0.6 is 11.3 Å². The number of aromatic nitrogens is 5. The van der Waals surface area contributed by atoms with Gasteiger partial charge in [-0.1, -0.05) is 0 Å². The summed E-state index contributed by atoms with van der Waals surface area (Å²) in [4.78, 5) is 22.8. The van der Waals surface area contributed by atoms with Crippen LogP contribution in [0.15, 0.2) is 31.0 Å². The Kier molecular flexibility index (Phi) is 6.33. The van der Waals surface area contributed by atoms with Crippen molar-refractivity contribution in [2.45, 2.75) is 39.3 Å². The van der Waals surface area contributed by atoms with E-state index in [9.17, 15) is 13.2 Å². The zero-order valence-electron chi connectivity index (χ0n) is 15.5. The van der Waals surface area contributed by atoms with Gasteiger partial charge in [0.25, 0.3) is 0 Å². The molecule has 3 aromatic rings. The number of alkyl halides is 3. The summed E-state index contributed by atoms with van der Waals surface area (Å²) < 4.78 is 35.9. The van der Waals surface area contributed by atoms with Gasteiger partial charge in [-0.05, 0) is 19.1 Å². The second kappa shape index (κ2) is 8.74. The number of carboxylic acids is 1. The van der Waals surface area contributed by atoms with Crippen LogP contribution in [-0.4, -0.2) is 53.0 Å². The van der Waals surface area contributed by atoms with Crippen LogP contribution in [-0.2, 0) is 31.0 Å². The first-order chi connectivity index (χ1) is 13.7. The molecule has 1 aliphatic rings. The van der Waals surface area contributed by atoms with Crippen LogP contribution in [0.3, 0.4) is 0 Å². The third kappa shape index (κ3) is 5.64. The predicted octanol–water partition coefficient (Wildman–Crippen LogP) is 2.54. The van der Waals surface area contributed by atoms with E-state index in [0.717, 1.165) is 38.5 Å². The molecule has 0 saturated carbocycles. The zero-order valence-corrected chi connectivity index (χ0v) is 16.3. The summed E-state index contributed by atoms with van der Waals surface area (Å²) in [5.41, 5.74) is 1.20. The Labute approximate surface area is 168 Å². The van der Waals surface area contributed by atoms with E-state index in [0.29, 0.717) is 0 Å². The number of aliphatic carboxylic acids is 1. The number of rotatable bonds is 4. The number of halogens is 3. The van der Waals surface area contributed by atoms with Gasteiger partial charge in [-0.2, -0.15) is 18.3 Å². The Morgan fingerprint density at radius 1 is 1.28 bits per heavy atom. The Hall–Kier alpha value is -2.73. The van der Waals surface area contributed by atoms with Crippen LogP contribution in [0, 0.1) is 6.92 Å². The van der Waals surface area contributed by atoms with E-state index in [1.165, 1.54) is 15.4 Å². The Morgan fingerprint density at radius 3 is 2.62 bits per heavy atom. The number of aryl methyl sites for hydroxylation is 1. The number of carboxylic acid groups (broad SMARTS) is 1. The highest BCUT2D eigenvalue weighted by atomic mass is 32.1. The van der Waals surface area contributed by atoms with Crippen molar-refractivity contribution in [2.75, 3.05) is 6.54 Å². The Bertz CT molecular complexity index is 951. The van der Waals surface area contributed by atoms with E-state index in [2.05, 4.69) is 43.6 Å². The van der Waals surface area contributed by atoms with Crippen LogP contribution in [0.4, 0.5) is 13.2 Å². The molecule has 3 aromatic heterocycles. The molecule has 0 radical (unpaired) electrons. The molecule has 1 N–H and O–H groups in total. The SMILES string of the molecule is Cc1ccc(CN2CCn3c(Cn4cncn4)cnc3C2)s1.O=C(O)C(F)(F)F. The molecule has 0 spiro atoms. The zero-order chi connectivity index (χ0) is 21.0. The molecule has 0 saturated heterocycles. The maximum absolute atomic E-state index is 10.6. The van der Waals surface area contributed by atoms with Crippen LogP contribution in [0.2, 0.25) is 0 Å². The number of nitrogens with zero attached hydrogens (tertiary/aromatic N) is 6. The predicted molar refractivity (Wildman–Crippen MR) is 98.2 cm³/mol. The van der Waals surface area contributed by atoms with Gasteiger partial charge in [0.05, 0.1) is 25.0 Å². The summed E-state index contributed by atoms with van der Waals surface area (Å²) in [5, 5.41) is 11.3. The molecule has 0 fully saturated rings. The topological polar surface area (TPSA) is 89.1 Å². The Morgan fingerprint density at radius 2 is 2.03 bits per heavy atom. The van der Waals surface area contributed by atoms with Gasteiger partial charge in [0.15, 0.2) is 0 Å². The minimum atomic E-state index is -5.08. The molecule has 1 aliphatic heterocycles. The van der Waals surface area contributed by atoms with Crippen molar-refractivity contribution < 1.29 is 23.1 Å². The fraction of sp³-hybridized carbons (Fsp3) is 0.412. The maximum Gasteiger partial charge on any atom is 0.490 e. The third-order valence-electron chi connectivity index (χ3n) is 4.23. The van der Waals surface area contributed by atoms with Gasteiger partial charge in [-0.25, -0.2) is 19.4 Å². The smallest absolute Gasteiger partial charge is 0.475 e. The third-order valence-corrected chi connectivity index (χ3v) is 5.22. The minimum absolute atomic E-state index is 0.733. The number of hydrogen-bond donors (Lipinski definition) is 1. The van der Waals surface area contributed by atoms with E-state index in [4.69, 9.17) is 9.90 Å². The molecule has 156 valence electrons. The van der Waals surface area contributed by atoms with E-state index < -0.39 is 12.1 Å². The minimum Gasteiger partial charge on any atom is -0.475 e. The molecule has 0 amide bonds.